The van der Waals surface area contributed by atoms with Gasteiger partial charge in [-0.2, -0.15) is 5.26 Å². The van der Waals surface area contributed by atoms with Crippen LogP contribution in [-0.4, -0.2) is 4.98 Å². The Morgan fingerprint density at radius 1 is 1.39 bits per heavy atom. The third-order valence-corrected chi connectivity index (χ3v) is 3.17. The fourth-order valence-corrected chi connectivity index (χ4v) is 2.08. The molecule has 5 heteroatoms. The van der Waals surface area contributed by atoms with Crippen molar-refractivity contribution in [3.05, 3.63) is 46.2 Å². The highest BCUT2D eigenvalue weighted by Gasteiger charge is 2.09. The largest absolute Gasteiger partial charge is 0.396 e. The summed E-state index contributed by atoms with van der Waals surface area (Å²) in [5.41, 5.74) is 9.37. The van der Waals surface area contributed by atoms with Crippen molar-refractivity contribution >= 4 is 33.0 Å². The molecule has 1 aromatic carbocycles. The zero-order valence-electron chi connectivity index (χ0n) is 9.74. The average Bonchev–Trinajstić information content (AvgIpc) is 2.34. The molecule has 18 heavy (non-hydrogen) atoms. The number of nitrogens with zero attached hydrogens (tertiary/aromatic N) is 2. The molecule has 90 valence electrons. The molecule has 0 spiro atoms. The van der Waals surface area contributed by atoms with Crippen molar-refractivity contribution in [1.29, 1.82) is 5.26 Å². The van der Waals surface area contributed by atoms with Crippen LogP contribution in [0.25, 0.3) is 0 Å². The van der Waals surface area contributed by atoms with Crippen molar-refractivity contribution in [3.8, 4) is 6.07 Å². The second-order valence-corrected chi connectivity index (χ2v) is 4.67. The van der Waals surface area contributed by atoms with E-state index in [0.29, 0.717) is 16.9 Å². The number of benzene rings is 1. The number of rotatable bonds is 2. The standard InChI is InChI=1S/C13H11BrN4/c1-8-3-2-4-12(9(8)5-15)18-13-10(14)6-17-7-11(13)16/h2-4,6-7H,16H2,1H3,(H,17,18). The van der Waals surface area contributed by atoms with E-state index in [0.717, 1.165) is 15.7 Å². The molecule has 0 radical (unpaired) electrons. The van der Waals surface area contributed by atoms with Gasteiger partial charge in [0.05, 0.1) is 33.3 Å². The van der Waals surface area contributed by atoms with Gasteiger partial charge in [0, 0.05) is 6.20 Å². The molecule has 4 nitrogen and oxygen atoms in total. The summed E-state index contributed by atoms with van der Waals surface area (Å²) in [6, 6.07) is 7.82. The van der Waals surface area contributed by atoms with Crippen molar-refractivity contribution in [2.45, 2.75) is 6.92 Å². The Hall–Kier alpha value is -2.06. The van der Waals surface area contributed by atoms with Gasteiger partial charge in [-0.25, -0.2) is 0 Å². The number of nitriles is 1. The Morgan fingerprint density at radius 3 is 2.83 bits per heavy atom. The van der Waals surface area contributed by atoms with Gasteiger partial charge in [-0.05, 0) is 34.5 Å². The van der Waals surface area contributed by atoms with Crippen LogP contribution in [0, 0.1) is 18.3 Å². The first-order valence-corrected chi connectivity index (χ1v) is 6.08. The molecule has 0 aliphatic rings. The van der Waals surface area contributed by atoms with E-state index in [2.05, 4.69) is 32.3 Å². The third-order valence-electron chi connectivity index (χ3n) is 2.57. The van der Waals surface area contributed by atoms with E-state index in [1.165, 1.54) is 0 Å². The quantitative estimate of drug-likeness (QED) is 0.892. The Bertz CT molecular complexity index is 611. The second-order valence-electron chi connectivity index (χ2n) is 3.82. The van der Waals surface area contributed by atoms with E-state index in [1.807, 2.05) is 25.1 Å². The number of aromatic nitrogens is 1. The molecule has 0 bridgehead atoms. The van der Waals surface area contributed by atoms with Crippen LogP contribution < -0.4 is 11.1 Å². The summed E-state index contributed by atoms with van der Waals surface area (Å²) in [6.07, 6.45) is 3.22. The van der Waals surface area contributed by atoms with E-state index >= 15 is 0 Å². The minimum atomic E-state index is 0.523. The first-order valence-electron chi connectivity index (χ1n) is 5.29. The molecule has 1 heterocycles. The summed E-state index contributed by atoms with van der Waals surface area (Å²) in [5, 5.41) is 12.3. The molecule has 0 amide bonds. The first-order chi connectivity index (χ1) is 8.63. The first kappa shape index (κ1) is 12.4. The lowest BCUT2D eigenvalue weighted by Gasteiger charge is -2.13. The predicted octanol–water partition coefficient (Wildman–Crippen LogP) is 3.35. The summed E-state index contributed by atoms with van der Waals surface area (Å²) in [5.74, 6) is 0. The number of halogens is 1. The molecule has 1 aromatic heterocycles. The molecule has 2 aromatic rings. The maximum absolute atomic E-state index is 9.17. The van der Waals surface area contributed by atoms with Gasteiger partial charge in [-0.15, -0.1) is 0 Å². The number of hydrogen-bond acceptors (Lipinski definition) is 4. The third kappa shape index (κ3) is 2.29. The van der Waals surface area contributed by atoms with Crippen LogP contribution in [0.3, 0.4) is 0 Å². The van der Waals surface area contributed by atoms with Crippen molar-refractivity contribution in [2.75, 3.05) is 11.1 Å². The molecule has 0 aliphatic heterocycles. The lowest BCUT2D eigenvalue weighted by atomic mass is 10.1. The van der Waals surface area contributed by atoms with Crippen molar-refractivity contribution in [3.63, 3.8) is 0 Å². The highest BCUT2D eigenvalue weighted by atomic mass is 79.9. The molecule has 0 fully saturated rings. The molecule has 0 atom stereocenters. The molecular formula is C13H11BrN4. The molecule has 3 N–H and O–H groups in total. The van der Waals surface area contributed by atoms with Crippen LogP contribution in [0.15, 0.2) is 35.1 Å². The number of anilines is 3. The van der Waals surface area contributed by atoms with Gasteiger partial charge in [0.15, 0.2) is 0 Å². The summed E-state index contributed by atoms with van der Waals surface area (Å²) in [6.45, 7) is 1.90. The summed E-state index contributed by atoms with van der Waals surface area (Å²) in [4.78, 5) is 3.97. The van der Waals surface area contributed by atoms with Gasteiger partial charge in [0.1, 0.15) is 6.07 Å². The number of hydrogen-bond donors (Lipinski definition) is 2. The van der Waals surface area contributed by atoms with Gasteiger partial charge < -0.3 is 11.1 Å². The average molecular weight is 303 g/mol. The van der Waals surface area contributed by atoms with Gasteiger partial charge in [-0.1, -0.05) is 12.1 Å². The smallest absolute Gasteiger partial charge is 0.102 e. The highest BCUT2D eigenvalue weighted by Crippen LogP contribution is 2.32. The van der Waals surface area contributed by atoms with E-state index in [4.69, 9.17) is 5.73 Å². The predicted molar refractivity (Wildman–Crippen MR) is 75.5 cm³/mol. The lowest BCUT2D eigenvalue weighted by Crippen LogP contribution is -2.00. The van der Waals surface area contributed by atoms with E-state index in [-0.39, 0.29) is 0 Å². The second kappa shape index (κ2) is 5.07. The van der Waals surface area contributed by atoms with Crippen LogP contribution in [-0.2, 0) is 0 Å². The number of nitrogens with one attached hydrogen (secondary N) is 1. The Labute approximate surface area is 114 Å². The lowest BCUT2D eigenvalue weighted by molar-refractivity contribution is 1.30. The molecule has 2 rings (SSSR count). The van der Waals surface area contributed by atoms with Crippen LogP contribution in [0.4, 0.5) is 17.1 Å². The molecule has 0 unspecified atom stereocenters. The van der Waals surface area contributed by atoms with Gasteiger partial charge >= 0.3 is 0 Å². The molecule has 0 saturated carbocycles. The van der Waals surface area contributed by atoms with Crippen molar-refractivity contribution in [1.82, 2.24) is 4.98 Å². The molecule has 0 saturated heterocycles. The number of nitrogens with two attached hydrogens (primary N) is 1. The summed E-state index contributed by atoms with van der Waals surface area (Å²) in [7, 11) is 0. The van der Waals surface area contributed by atoms with Crippen LogP contribution in [0.1, 0.15) is 11.1 Å². The topological polar surface area (TPSA) is 74.7 Å². The van der Waals surface area contributed by atoms with Gasteiger partial charge in [0.2, 0.25) is 0 Å². The van der Waals surface area contributed by atoms with Gasteiger partial charge in [-0.3, -0.25) is 4.98 Å². The fraction of sp³-hybridized carbons (Fsp3) is 0.0769. The number of pyridine rings is 1. The minimum Gasteiger partial charge on any atom is -0.396 e. The summed E-state index contributed by atoms with van der Waals surface area (Å²) >= 11 is 3.38. The fourth-order valence-electron chi connectivity index (χ4n) is 1.64. The highest BCUT2D eigenvalue weighted by molar-refractivity contribution is 9.10. The Balaban J connectivity index is 2.48. The van der Waals surface area contributed by atoms with Crippen molar-refractivity contribution in [2.24, 2.45) is 0 Å². The van der Waals surface area contributed by atoms with E-state index in [1.54, 1.807) is 12.4 Å². The van der Waals surface area contributed by atoms with Crippen LogP contribution >= 0.6 is 15.9 Å². The summed E-state index contributed by atoms with van der Waals surface area (Å²) < 4.78 is 0.757. The van der Waals surface area contributed by atoms with Crippen LogP contribution in [0.2, 0.25) is 0 Å². The van der Waals surface area contributed by atoms with Gasteiger partial charge in [0.25, 0.3) is 0 Å². The number of nitrogen functional groups attached to an aromatic ring is 1. The maximum Gasteiger partial charge on any atom is 0.102 e. The van der Waals surface area contributed by atoms with Crippen molar-refractivity contribution < 1.29 is 0 Å². The normalized spacial score (nSPS) is 9.83. The molecular weight excluding hydrogens is 292 g/mol. The SMILES string of the molecule is Cc1cccc(Nc2c(N)cncc2Br)c1C#N. The van der Waals surface area contributed by atoms with E-state index < -0.39 is 0 Å². The zero-order chi connectivity index (χ0) is 13.1. The maximum atomic E-state index is 9.17. The monoisotopic (exact) mass is 302 g/mol. The Kier molecular flexibility index (Phi) is 3.49. The molecule has 0 aliphatic carbocycles. The van der Waals surface area contributed by atoms with E-state index in [9.17, 15) is 5.26 Å². The number of aryl methyl sites for hydroxylation is 1. The van der Waals surface area contributed by atoms with Crippen LogP contribution in [0.5, 0.6) is 0 Å². The Morgan fingerprint density at radius 2 is 2.17 bits per heavy atom. The minimum absolute atomic E-state index is 0.523. The zero-order valence-corrected chi connectivity index (χ0v) is 11.3.